The molecule has 19 heavy (non-hydrogen) atoms. The number of morpholine rings is 1. The van der Waals surface area contributed by atoms with Gasteiger partial charge in [-0.05, 0) is 45.7 Å². The molecule has 0 aromatic heterocycles. The molecule has 3 unspecified atom stereocenters. The second-order valence-corrected chi connectivity index (χ2v) is 5.90. The summed E-state index contributed by atoms with van der Waals surface area (Å²) < 4.78 is 11.6. The summed E-state index contributed by atoms with van der Waals surface area (Å²) in [5, 5.41) is 3.61. The van der Waals surface area contributed by atoms with Crippen LogP contribution in [-0.2, 0) is 9.47 Å². The molecule has 112 valence electrons. The fourth-order valence-corrected chi connectivity index (χ4v) is 3.17. The first-order chi connectivity index (χ1) is 9.29. The maximum Gasteiger partial charge on any atom is 0.0855 e. The third-order valence-electron chi connectivity index (χ3n) is 4.28. The Kier molecular flexibility index (Phi) is 6.57. The molecule has 0 aromatic carbocycles. The van der Waals surface area contributed by atoms with Crippen molar-refractivity contribution in [2.24, 2.45) is 0 Å². The first kappa shape index (κ1) is 15.2. The standard InChI is InChI=1S/C15H30N2O2/c1-3-16-14(15-12-17(2)9-11-19-15)8-4-6-13-7-5-10-18-13/h13-16H,3-12H2,1-2H3. The second kappa shape index (κ2) is 8.20. The molecular weight excluding hydrogens is 240 g/mol. The Labute approximate surface area is 117 Å². The van der Waals surface area contributed by atoms with Crippen LogP contribution in [0, 0.1) is 0 Å². The lowest BCUT2D eigenvalue weighted by molar-refractivity contribution is -0.0404. The minimum atomic E-state index is 0.350. The van der Waals surface area contributed by atoms with Crippen LogP contribution in [0.1, 0.15) is 39.0 Å². The molecule has 2 aliphatic rings. The quantitative estimate of drug-likeness (QED) is 0.762. The largest absolute Gasteiger partial charge is 0.378 e. The predicted octanol–water partition coefficient (Wildman–Crippen LogP) is 1.64. The van der Waals surface area contributed by atoms with Crippen LogP contribution < -0.4 is 5.32 Å². The zero-order valence-corrected chi connectivity index (χ0v) is 12.6. The first-order valence-electron chi connectivity index (χ1n) is 7.94. The number of nitrogens with one attached hydrogen (secondary N) is 1. The summed E-state index contributed by atoms with van der Waals surface area (Å²) in [5.74, 6) is 0. The lowest BCUT2D eigenvalue weighted by Crippen LogP contribution is -2.51. The number of likely N-dealkylation sites (N-methyl/N-ethyl adjacent to an activating group) is 2. The number of rotatable bonds is 7. The average Bonchev–Trinajstić information content (AvgIpc) is 2.91. The highest BCUT2D eigenvalue weighted by Gasteiger charge is 2.26. The summed E-state index contributed by atoms with van der Waals surface area (Å²) >= 11 is 0. The summed E-state index contributed by atoms with van der Waals surface area (Å²) in [7, 11) is 2.19. The molecular formula is C15H30N2O2. The molecule has 4 nitrogen and oxygen atoms in total. The molecule has 2 aliphatic heterocycles. The van der Waals surface area contributed by atoms with Crippen LogP contribution in [0.3, 0.4) is 0 Å². The summed E-state index contributed by atoms with van der Waals surface area (Å²) in [6.07, 6.45) is 7.04. The van der Waals surface area contributed by atoms with Crippen molar-refractivity contribution in [3.63, 3.8) is 0 Å². The van der Waals surface area contributed by atoms with Crippen LogP contribution in [0.4, 0.5) is 0 Å². The van der Waals surface area contributed by atoms with Crippen LogP contribution >= 0.6 is 0 Å². The maximum absolute atomic E-state index is 5.95. The van der Waals surface area contributed by atoms with Crippen LogP contribution in [0.15, 0.2) is 0 Å². The van der Waals surface area contributed by atoms with Crippen LogP contribution in [0.25, 0.3) is 0 Å². The summed E-state index contributed by atoms with van der Waals surface area (Å²) in [5.41, 5.74) is 0. The van der Waals surface area contributed by atoms with Crippen molar-refractivity contribution >= 4 is 0 Å². The summed E-state index contributed by atoms with van der Waals surface area (Å²) in [4.78, 5) is 2.37. The van der Waals surface area contributed by atoms with Gasteiger partial charge in [-0.3, -0.25) is 0 Å². The first-order valence-corrected chi connectivity index (χ1v) is 7.94. The fourth-order valence-electron chi connectivity index (χ4n) is 3.17. The van der Waals surface area contributed by atoms with Gasteiger partial charge in [0.1, 0.15) is 0 Å². The molecule has 0 amide bonds. The Hall–Kier alpha value is -0.160. The van der Waals surface area contributed by atoms with Gasteiger partial charge in [0.05, 0.1) is 18.8 Å². The van der Waals surface area contributed by atoms with Crippen LogP contribution in [-0.4, -0.2) is 63.0 Å². The molecule has 2 rings (SSSR count). The lowest BCUT2D eigenvalue weighted by Gasteiger charge is -2.35. The molecule has 3 atom stereocenters. The van der Waals surface area contributed by atoms with Crippen LogP contribution in [0.5, 0.6) is 0 Å². The third kappa shape index (κ3) is 5.03. The number of hydrogen-bond acceptors (Lipinski definition) is 4. The van der Waals surface area contributed by atoms with Gasteiger partial charge in [-0.1, -0.05) is 6.92 Å². The van der Waals surface area contributed by atoms with Gasteiger partial charge in [0.15, 0.2) is 0 Å². The van der Waals surface area contributed by atoms with Crippen molar-refractivity contribution in [2.45, 2.75) is 57.3 Å². The molecule has 4 heteroatoms. The fraction of sp³-hybridized carbons (Fsp3) is 1.00. The van der Waals surface area contributed by atoms with Crippen molar-refractivity contribution in [3.8, 4) is 0 Å². The lowest BCUT2D eigenvalue weighted by atomic mass is 10.00. The SMILES string of the molecule is CCNC(CCCC1CCCO1)C1CN(C)CCO1. The molecule has 2 fully saturated rings. The maximum atomic E-state index is 5.95. The monoisotopic (exact) mass is 270 g/mol. The number of nitrogens with zero attached hydrogens (tertiary/aromatic N) is 1. The van der Waals surface area contributed by atoms with Gasteiger partial charge >= 0.3 is 0 Å². The van der Waals surface area contributed by atoms with Crippen molar-refractivity contribution in [2.75, 3.05) is 39.9 Å². The Morgan fingerprint density at radius 2 is 2.21 bits per heavy atom. The van der Waals surface area contributed by atoms with Gasteiger partial charge in [-0.2, -0.15) is 0 Å². The molecule has 2 saturated heterocycles. The predicted molar refractivity (Wildman–Crippen MR) is 77.5 cm³/mol. The molecule has 0 spiro atoms. The highest BCUT2D eigenvalue weighted by molar-refractivity contribution is 4.82. The van der Waals surface area contributed by atoms with E-state index in [2.05, 4.69) is 24.2 Å². The highest BCUT2D eigenvalue weighted by atomic mass is 16.5. The minimum absolute atomic E-state index is 0.350. The molecule has 0 bridgehead atoms. The van der Waals surface area contributed by atoms with E-state index in [1.54, 1.807) is 0 Å². The molecule has 2 heterocycles. The van der Waals surface area contributed by atoms with Gasteiger partial charge in [-0.15, -0.1) is 0 Å². The summed E-state index contributed by atoms with van der Waals surface area (Å²) in [6, 6.07) is 0.495. The van der Waals surface area contributed by atoms with Crippen molar-refractivity contribution in [1.29, 1.82) is 0 Å². The van der Waals surface area contributed by atoms with Crippen molar-refractivity contribution in [1.82, 2.24) is 10.2 Å². The second-order valence-electron chi connectivity index (χ2n) is 5.90. The van der Waals surface area contributed by atoms with E-state index in [4.69, 9.17) is 9.47 Å². The van der Waals surface area contributed by atoms with E-state index < -0.39 is 0 Å². The smallest absolute Gasteiger partial charge is 0.0855 e. The van der Waals surface area contributed by atoms with E-state index in [1.807, 2.05) is 0 Å². The van der Waals surface area contributed by atoms with Gasteiger partial charge < -0.3 is 19.7 Å². The Morgan fingerprint density at radius 1 is 1.32 bits per heavy atom. The van der Waals surface area contributed by atoms with E-state index in [-0.39, 0.29) is 0 Å². The number of hydrogen-bond donors (Lipinski definition) is 1. The van der Waals surface area contributed by atoms with Crippen molar-refractivity contribution in [3.05, 3.63) is 0 Å². The van der Waals surface area contributed by atoms with Gasteiger partial charge in [-0.25, -0.2) is 0 Å². The Morgan fingerprint density at radius 3 is 2.89 bits per heavy atom. The van der Waals surface area contributed by atoms with Gasteiger partial charge in [0.25, 0.3) is 0 Å². The Bertz CT molecular complexity index is 244. The third-order valence-corrected chi connectivity index (χ3v) is 4.28. The molecule has 0 radical (unpaired) electrons. The zero-order chi connectivity index (χ0) is 13.5. The molecule has 0 aromatic rings. The van der Waals surface area contributed by atoms with E-state index >= 15 is 0 Å². The van der Waals surface area contributed by atoms with E-state index in [9.17, 15) is 0 Å². The topological polar surface area (TPSA) is 33.7 Å². The van der Waals surface area contributed by atoms with E-state index in [0.717, 1.165) is 32.8 Å². The summed E-state index contributed by atoms with van der Waals surface area (Å²) in [6.45, 7) is 7.16. The highest BCUT2D eigenvalue weighted by Crippen LogP contribution is 2.20. The minimum Gasteiger partial charge on any atom is -0.378 e. The molecule has 0 saturated carbocycles. The average molecular weight is 270 g/mol. The van der Waals surface area contributed by atoms with E-state index in [0.29, 0.717) is 18.2 Å². The van der Waals surface area contributed by atoms with Gasteiger partial charge in [0.2, 0.25) is 0 Å². The molecule has 1 N–H and O–H groups in total. The van der Waals surface area contributed by atoms with Crippen molar-refractivity contribution < 1.29 is 9.47 Å². The van der Waals surface area contributed by atoms with E-state index in [1.165, 1.54) is 32.1 Å². The molecule has 0 aliphatic carbocycles. The number of ether oxygens (including phenoxy) is 2. The van der Waals surface area contributed by atoms with Crippen LogP contribution in [0.2, 0.25) is 0 Å². The Balaban J connectivity index is 1.71. The van der Waals surface area contributed by atoms with Gasteiger partial charge in [0, 0.05) is 25.7 Å². The zero-order valence-electron chi connectivity index (χ0n) is 12.6. The normalized spacial score (nSPS) is 30.6.